The van der Waals surface area contributed by atoms with Gasteiger partial charge in [0.25, 0.3) is 0 Å². The van der Waals surface area contributed by atoms with E-state index < -0.39 is 5.97 Å². The van der Waals surface area contributed by atoms with Gasteiger partial charge in [-0.15, -0.1) is 0 Å². The minimum atomic E-state index is -0.415. The number of hydrogen-bond acceptors (Lipinski definition) is 7. The first-order chi connectivity index (χ1) is 17.5. The second kappa shape index (κ2) is 9.69. The van der Waals surface area contributed by atoms with Crippen LogP contribution in [0.4, 0.5) is 5.82 Å². The first-order valence-electron chi connectivity index (χ1n) is 12.4. The number of pyridine rings is 1. The van der Waals surface area contributed by atoms with Crippen LogP contribution >= 0.6 is 23.2 Å². The Hall–Kier alpha value is -2.61. The van der Waals surface area contributed by atoms with Gasteiger partial charge in [-0.2, -0.15) is 0 Å². The summed E-state index contributed by atoms with van der Waals surface area (Å²) in [6.07, 6.45) is 4.36. The molecule has 1 aliphatic heterocycles. The average molecular weight is 528 g/mol. The fourth-order valence-corrected chi connectivity index (χ4v) is 6.21. The summed E-state index contributed by atoms with van der Waals surface area (Å²) in [5, 5.41) is 5.48. The molecule has 3 heterocycles. The molecule has 3 fully saturated rings. The maximum absolute atomic E-state index is 11.9. The van der Waals surface area contributed by atoms with Gasteiger partial charge in [0.1, 0.15) is 17.3 Å². The Labute approximate surface area is 219 Å². The quantitative estimate of drug-likeness (QED) is 0.341. The van der Waals surface area contributed by atoms with Gasteiger partial charge in [-0.25, -0.2) is 9.78 Å². The molecule has 6 rings (SSSR count). The van der Waals surface area contributed by atoms with Crippen molar-refractivity contribution >= 4 is 35.0 Å². The van der Waals surface area contributed by atoms with Gasteiger partial charge in [0, 0.05) is 30.1 Å². The van der Waals surface area contributed by atoms with E-state index in [0.29, 0.717) is 51.4 Å². The van der Waals surface area contributed by atoms with Crippen LogP contribution < -0.4 is 4.90 Å². The van der Waals surface area contributed by atoms with E-state index in [1.54, 1.807) is 6.07 Å². The molecule has 1 aromatic carbocycles. The summed E-state index contributed by atoms with van der Waals surface area (Å²) >= 11 is 13.0. The maximum atomic E-state index is 11.9. The monoisotopic (exact) mass is 527 g/mol. The summed E-state index contributed by atoms with van der Waals surface area (Å²) in [4.78, 5) is 18.6. The third-order valence-electron chi connectivity index (χ3n) is 7.59. The maximum Gasteiger partial charge on any atom is 0.356 e. The number of aromatic nitrogens is 2. The van der Waals surface area contributed by atoms with Crippen LogP contribution in [0.1, 0.15) is 53.4 Å². The Bertz CT molecular complexity index is 1260. The van der Waals surface area contributed by atoms with Crippen molar-refractivity contribution in [2.24, 2.45) is 11.8 Å². The van der Waals surface area contributed by atoms with Gasteiger partial charge in [0.2, 0.25) is 0 Å². The van der Waals surface area contributed by atoms with E-state index in [1.807, 2.05) is 30.3 Å². The van der Waals surface area contributed by atoms with Crippen LogP contribution in [0.3, 0.4) is 0 Å². The standard InChI is InChI=1S/C27H27Cl2N3O4/c1-34-27(33)22-6-3-7-23(30-22)32-12-16-10-18(11-17(16)13-32)35-14-19-25(31-36-26(19)15-8-9-15)24-20(28)4-2-5-21(24)29/h2-7,15-18H,8-14H2,1H3. The summed E-state index contributed by atoms with van der Waals surface area (Å²) in [7, 11) is 1.37. The van der Waals surface area contributed by atoms with Gasteiger partial charge in [0.05, 0.1) is 29.9 Å². The topological polar surface area (TPSA) is 77.7 Å². The molecule has 0 N–H and O–H groups in total. The Kier molecular flexibility index (Phi) is 6.40. The van der Waals surface area contributed by atoms with E-state index in [4.69, 9.17) is 37.2 Å². The number of rotatable bonds is 7. The lowest BCUT2D eigenvalue weighted by Crippen LogP contribution is -2.24. The number of methoxy groups -OCH3 is 1. The summed E-state index contributed by atoms with van der Waals surface area (Å²) in [6, 6.07) is 11.0. The van der Waals surface area contributed by atoms with Crippen molar-refractivity contribution in [2.45, 2.75) is 44.3 Å². The highest BCUT2D eigenvalue weighted by Crippen LogP contribution is 2.47. The number of ether oxygens (including phenoxy) is 2. The molecule has 0 spiro atoms. The van der Waals surface area contributed by atoms with Crippen molar-refractivity contribution < 1.29 is 18.8 Å². The van der Waals surface area contributed by atoms with Crippen molar-refractivity contribution in [3.63, 3.8) is 0 Å². The number of halogens is 2. The van der Waals surface area contributed by atoms with Crippen molar-refractivity contribution in [3.8, 4) is 11.3 Å². The van der Waals surface area contributed by atoms with Crippen molar-refractivity contribution in [1.29, 1.82) is 0 Å². The highest BCUT2D eigenvalue weighted by molar-refractivity contribution is 6.39. The van der Waals surface area contributed by atoms with Crippen molar-refractivity contribution in [1.82, 2.24) is 10.1 Å². The normalized spacial score (nSPS) is 23.2. The van der Waals surface area contributed by atoms with Crippen LogP contribution in [0.2, 0.25) is 10.0 Å². The molecule has 3 aromatic rings. The fourth-order valence-electron chi connectivity index (χ4n) is 5.63. The second-order valence-corrected chi connectivity index (χ2v) is 10.8. The predicted octanol–water partition coefficient (Wildman–Crippen LogP) is 6.14. The molecule has 0 bridgehead atoms. The van der Waals surface area contributed by atoms with E-state index in [2.05, 4.69) is 15.0 Å². The Morgan fingerprint density at radius 1 is 1.08 bits per heavy atom. The highest BCUT2D eigenvalue weighted by atomic mass is 35.5. The van der Waals surface area contributed by atoms with Crippen LogP contribution in [0.15, 0.2) is 40.9 Å². The molecule has 0 radical (unpaired) electrons. The number of carbonyl (C=O) groups excluding carboxylic acids is 1. The zero-order chi connectivity index (χ0) is 24.8. The smallest absolute Gasteiger partial charge is 0.356 e. The fraction of sp³-hybridized carbons (Fsp3) is 0.444. The molecular weight excluding hydrogens is 501 g/mol. The minimum Gasteiger partial charge on any atom is -0.464 e. The molecule has 3 aliphatic rings. The van der Waals surface area contributed by atoms with E-state index in [1.165, 1.54) is 7.11 Å². The third kappa shape index (κ3) is 4.49. The first kappa shape index (κ1) is 23.8. The predicted molar refractivity (Wildman–Crippen MR) is 137 cm³/mol. The van der Waals surface area contributed by atoms with Gasteiger partial charge >= 0.3 is 5.97 Å². The minimum absolute atomic E-state index is 0.174. The summed E-state index contributed by atoms with van der Waals surface area (Å²) < 4.78 is 17.1. The molecule has 2 aromatic heterocycles. The van der Waals surface area contributed by atoms with Crippen molar-refractivity contribution in [2.75, 3.05) is 25.1 Å². The number of benzene rings is 1. The number of fused-ring (bicyclic) bond motifs is 1. The molecule has 0 amide bonds. The van der Waals surface area contributed by atoms with Crippen LogP contribution in [0.5, 0.6) is 0 Å². The van der Waals surface area contributed by atoms with Crippen LogP contribution in [0.25, 0.3) is 11.3 Å². The largest absolute Gasteiger partial charge is 0.464 e. The zero-order valence-electron chi connectivity index (χ0n) is 20.0. The molecule has 2 atom stereocenters. The number of esters is 1. The summed E-state index contributed by atoms with van der Waals surface area (Å²) in [5.74, 6) is 2.77. The van der Waals surface area contributed by atoms with Gasteiger partial charge in [-0.1, -0.05) is 40.5 Å². The van der Waals surface area contributed by atoms with Crippen molar-refractivity contribution in [3.05, 3.63) is 63.5 Å². The summed E-state index contributed by atoms with van der Waals surface area (Å²) in [6.45, 7) is 2.25. The molecular formula is C27H27Cl2N3O4. The molecule has 2 saturated carbocycles. The number of hydrogen-bond donors (Lipinski definition) is 0. The Morgan fingerprint density at radius 3 is 2.44 bits per heavy atom. The Morgan fingerprint density at radius 2 is 1.78 bits per heavy atom. The van der Waals surface area contributed by atoms with Crippen LogP contribution in [0, 0.1) is 11.8 Å². The average Bonchev–Trinajstić information content (AvgIpc) is 3.34. The molecule has 2 unspecified atom stereocenters. The van der Waals surface area contributed by atoms with Gasteiger partial charge in [-0.05, 0) is 61.8 Å². The number of carbonyl (C=O) groups is 1. The molecule has 1 saturated heterocycles. The third-order valence-corrected chi connectivity index (χ3v) is 8.22. The zero-order valence-corrected chi connectivity index (χ0v) is 21.5. The number of nitrogens with zero attached hydrogens (tertiary/aromatic N) is 3. The SMILES string of the molecule is COC(=O)c1cccc(N2CC3CC(OCc4c(-c5c(Cl)cccc5Cl)noc4C4CC4)CC3C2)n1. The molecule has 2 aliphatic carbocycles. The van der Waals surface area contributed by atoms with E-state index in [9.17, 15) is 4.79 Å². The van der Waals surface area contributed by atoms with Gasteiger partial charge < -0.3 is 18.9 Å². The number of anilines is 1. The summed E-state index contributed by atoms with van der Waals surface area (Å²) in [5.41, 5.74) is 2.70. The molecule has 7 nitrogen and oxygen atoms in total. The highest BCUT2D eigenvalue weighted by Gasteiger charge is 2.42. The van der Waals surface area contributed by atoms with E-state index in [0.717, 1.165) is 55.9 Å². The molecule has 36 heavy (non-hydrogen) atoms. The first-order valence-corrected chi connectivity index (χ1v) is 13.1. The lowest BCUT2D eigenvalue weighted by molar-refractivity contribution is 0.0402. The van der Waals surface area contributed by atoms with Crippen LogP contribution in [-0.2, 0) is 16.1 Å². The Balaban J connectivity index is 1.13. The van der Waals surface area contributed by atoms with E-state index in [-0.39, 0.29) is 6.10 Å². The van der Waals surface area contributed by atoms with E-state index >= 15 is 0 Å². The lowest BCUT2D eigenvalue weighted by atomic mass is 10.0. The van der Waals surface area contributed by atoms with Gasteiger partial charge in [0.15, 0.2) is 5.69 Å². The molecule has 9 heteroatoms. The second-order valence-electron chi connectivity index (χ2n) is 9.95. The van der Waals surface area contributed by atoms with Crippen LogP contribution in [-0.4, -0.2) is 42.4 Å². The lowest BCUT2D eigenvalue weighted by Gasteiger charge is -2.21. The molecule has 188 valence electrons. The van der Waals surface area contributed by atoms with Gasteiger partial charge in [-0.3, -0.25) is 0 Å².